The molecule has 0 fully saturated rings. The van der Waals surface area contributed by atoms with E-state index in [1.54, 1.807) is 36.9 Å². The van der Waals surface area contributed by atoms with E-state index < -0.39 is 5.82 Å². The Hall–Kier alpha value is -2.96. The first-order valence-corrected chi connectivity index (χ1v) is 8.27. The van der Waals surface area contributed by atoms with Gasteiger partial charge in [0.15, 0.2) is 17.2 Å². The van der Waals surface area contributed by atoms with Gasteiger partial charge in [0, 0.05) is 12.7 Å². The summed E-state index contributed by atoms with van der Waals surface area (Å²) in [4.78, 5) is 17.3. The molecule has 3 rings (SSSR count). The molecule has 1 atom stereocenters. The van der Waals surface area contributed by atoms with Gasteiger partial charge in [-0.05, 0) is 44.5 Å². The van der Waals surface area contributed by atoms with Gasteiger partial charge < -0.3 is 10.1 Å². The number of benzene rings is 1. The van der Waals surface area contributed by atoms with Crippen LogP contribution in [0.4, 0.5) is 4.39 Å². The molecule has 0 radical (unpaired) electrons. The summed E-state index contributed by atoms with van der Waals surface area (Å²) in [6.45, 7) is 5.49. The minimum Gasteiger partial charge on any atom is -0.494 e. The van der Waals surface area contributed by atoms with Crippen molar-refractivity contribution >= 4 is 16.9 Å². The lowest BCUT2D eigenvalue weighted by Crippen LogP contribution is -2.27. The van der Waals surface area contributed by atoms with E-state index in [1.165, 1.54) is 13.2 Å². The quantitative estimate of drug-likeness (QED) is 0.779. The van der Waals surface area contributed by atoms with E-state index in [0.29, 0.717) is 16.8 Å². The number of carbonyl (C=O) groups is 1. The average molecular weight is 356 g/mol. The smallest absolute Gasteiger partial charge is 0.252 e. The molecule has 1 amide bonds. The second-order valence-electron chi connectivity index (χ2n) is 6.31. The first-order valence-electron chi connectivity index (χ1n) is 8.27. The summed E-state index contributed by atoms with van der Waals surface area (Å²) in [6, 6.07) is 6.02. The summed E-state index contributed by atoms with van der Waals surface area (Å²) in [5, 5.41) is 8.00. The van der Waals surface area contributed by atoms with Crippen molar-refractivity contribution in [2.24, 2.45) is 7.05 Å². The van der Waals surface area contributed by atoms with Crippen LogP contribution in [0, 0.1) is 19.7 Å². The van der Waals surface area contributed by atoms with Crippen molar-refractivity contribution in [3.8, 4) is 5.75 Å². The Balaban J connectivity index is 1.93. The van der Waals surface area contributed by atoms with Gasteiger partial charge in [0.1, 0.15) is 0 Å². The summed E-state index contributed by atoms with van der Waals surface area (Å²) >= 11 is 0. The Morgan fingerprint density at radius 3 is 2.69 bits per heavy atom. The molecule has 26 heavy (non-hydrogen) atoms. The number of hydrogen-bond acceptors (Lipinski definition) is 4. The SMILES string of the molecule is COc1ccc(C(C)NC(=O)c2cc(C)nc3c2c(C)nn3C)cc1F. The van der Waals surface area contributed by atoms with Gasteiger partial charge in [-0.15, -0.1) is 0 Å². The highest BCUT2D eigenvalue weighted by atomic mass is 19.1. The summed E-state index contributed by atoms with van der Waals surface area (Å²) < 4.78 is 20.5. The zero-order valence-electron chi connectivity index (χ0n) is 15.4. The summed E-state index contributed by atoms with van der Waals surface area (Å²) in [5.74, 6) is -0.540. The fraction of sp³-hybridized carbons (Fsp3) is 0.316. The molecule has 2 heterocycles. The number of pyridine rings is 1. The first kappa shape index (κ1) is 17.8. The molecule has 0 aliphatic rings. The lowest BCUT2D eigenvalue weighted by atomic mass is 10.1. The fourth-order valence-corrected chi connectivity index (χ4v) is 3.06. The zero-order valence-corrected chi connectivity index (χ0v) is 15.4. The van der Waals surface area contributed by atoms with Crippen molar-refractivity contribution in [3.05, 3.63) is 52.6 Å². The van der Waals surface area contributed by atoms with E-state index in [2.05, 4.69) is 15.4 Å². The third-order valence-corrected chi connectivity index (χ3v) is 4.36. The number of aryl methyl sites for hydroxylation is 3. The molecule has 0 saturated heterocycles. The number of fused-ring (bicyclic) bond motifs is 1. The van der Waals surface area contributed by atoms with Crippen LogP contribution in [-0.2, 0) is 7.05 Å². The number of hydrogen-bond donors (Lipinski definition) is 1. The van der Waals surface area contributed by atoms with Crippen molar-refractivity contribution in [3.63, 3.8) is 0 Å². The number of nitrogens with one attached hydrogen (secondary N) is 1. The number of carbonyl (C=O) groups excluding carboxylic acids is 1. The molecule has 7 heteroatoms. The lowest BCUT2D eigenvalue weighted by Gasteiger charge is -2.16. The van der Waals surface area contributed by atoms with E-state index in [-0.39, 0.29) is 17.7 Å². The molecule has 0 bridgehead atoms. The molecule has 1 unspecified atom stereocenters. The molecule has 0 spiro atoms. The van der Waals surface area contributed by atoms with Gasteiger partial charge in [-0.3, -0.25) is 9.48 Å². The van der Waals surface area contributed by atoms with Gasteiger partial charge in [0.05, 0.1) is 29.8 Å². The van der Waals surface area contributed by atoms with E-state index in [0.717, 1.165) is 16.8 Å². The molecule has 0 aliphatic heterocycles. The van der Waals surface area contributed by atoms with Crippen molar-refractivity contribution < 1.29 is 13.9 Å². The second kappa shape index (κ2) is 6.74. The Morgan fingerprint density at radius 2 is 2.04 bits per heavy atom. The molecular weight excluding hydrogens is 335 g/mol. The number of amides is 1. The van der Waals surface area contributed by atoms with Gasteiger partial charge in [0.25, 0.3) is 5.91 Å². The molecule has 3 aromatic rings. The summed E-state index contributed by atoms with van der Waals surface area (Å²) in [5.41, 5.74) is 3.30. The van der Waals surface area contributed by atoms with Gasteiger partial charge in [-0.1, -0.05) is 6.07 Å². The Kier molecular flexibility index (Phi) is 4.63. The van der Waals surface area contributed by atoms with E-state index in [9.17, 15) is 9.18 Å². The topological polar surface area (TPSA) is 69.0 Å². The lowest BCUT2D eigenvalue weighted by molar-refractivity contribution is 0.0941. The van der Waals surface area contributed by atoms with Crippen LogP contribution in [0.25, 0.3) is 11.0 Å². The van der Waals surface area contributed by atoms with Crippen molar-refractivity contribution in [1.29, 1.82) is 0 Å². The predicted octanol–water partition coefficient (Wildman–Crippen LogP) is 3.22. The highest BCUT2D eigenvalue weighted by Gasteiger charge is 2.20. The average Bonchev–Trinajstić information content (AvgIpc) is 2.88. The largest absolute Gasteiger partial charge is 0.494 e. The highest BCUT2D eigenvalue weighted by molar-refractivity contribution is 6.06. The molecular formula is C19H21FN4O2. The highest BCUT2D eigenvalue weighted by Crippen LogP contribution is 2.24. The summed E-state index contributed by atoms with van der Waals surface area (Å²) in [7, 11) is 3.21. The maximum atomic E-state index is 13.9. The molecule has 6 nitrogen and oxygen atoms in total. The predicted molar refractivity (Wildman–Crippen MR) is 96.8 cm³/mol. The van der Waals surface area contributed by atoms with Crippen molar-refractivity contribution in [1.82, 2.24) is 20.1 Å². The van der Waals surface area contributed by atoms with Crippen LogP contribution >= 0.6 is 0 Å². The van der Waals surface area contributed by atoms with Gasteiger partial charge in [0.2, 0.25) is 0 Å². The number of halogens is 1. The van der Waals surface area contributed by atoms with Gasteiger partial charge >= 0.3 is 0 Å². The van der Waals surface area contributed by atoms with E-state index in [1.807, 2.05) is 13.8 Å². The monoisotopic (exact) mass is 356 g/mol. The number of nitrogens with zero attached hydrogens (tertiary/aromatic N) is 3. The van der Waals surface area contributed by atoms with Crippen LogP contribution < -0.4 is 10.1 Å². The Bertz CT molecular complexity index is 997. The minimum atomic E-state index is -0.462. The number of rotatable bonds is 4. The van der Waals surface area contributed by atoms with E-state index in [4.69, 9.17) is 4.74 Å². The van der Waals surface area contributed by atoms with Crippen molar-refractivity contribution in [2.45, 2.75) is 26.8 Å². The first-order chi connectivity index (χ1) is 12.3. The molecule has 2 aromatic heterocycles. The van der Waals surface area contributed by atoms with Crippen LogP contribution in [0.1, 0.15) is 40.3 Å². The Labute approximate surface area is 151 Å². The third kappa shape index (κ3) is 3.12. The normalized spacial score (nSPS) is 12.2. The van der Waals surface area contributed by atoms with Crippen LogP contribution in [-0.4, -0.2) is 27.8 Å². The van der Waals surface area contributed by atoms with Gasteiger partial charge in [-0.2, -0.15) is 5.10 Å². The number of aromatic nitrogens is 3. The molecule has 1 aromatic carbocycles. The molecule has 1 N–H and O–H groups in total. The standard InChI is InChI=1S/C19H21FN4O2/c1-10-8-14(17-12(3)23-24(4)18(17)21-10)19(25)22-11(2)13-6-7-16(26-5)15(20)9-13/h6-9,11H,1-5H3,(H,22,25). The maximum Gasteiger partial charge on any atom is 0.252 e. The van der Waals surface area contributed by atoms with Crippen LogP contribution in [0.2, 0.25) is 0 Å². The molecule has 0 aliphatic carbocycles. The van der Waals surface area contributed by atoms with Crippen LogP contribution in [0.3, 0.4) is 0 Å². The van der Waals surface area contributed by atoms with Crippen LogP contribution in [0.5, 0.6) is 5.75 Å². The van der Waals surface area contributed by atoms with Crippen molar-refractivity contribution in [2.75, 3.05) is 7.11 Å². The fourth-order valence-electron chi connectivity index (χ4n) is 3.06. The summed E-state index contributed by atoms with van der Waals surface area (Å²) in [6.07, 6.45) is 0. The number of ether oxygens (including phenoxy) is 1. The van der Waals surface area contributed by atoms with E-state index >= 15 is 0 Å². The second-order valence-corrected chi connectivity index (χ2v) is 6.31. The maximum absolute atomic E-state index is 13.9. The van der Waals surface area contributed by atoms with Crippen LogP contribution in [0.15, 0.2) is 24.3 Å². The number of methoxy groups -OCH3 is 1. The Morgan fingerprint density at radius 1 is 1.31 bits per heavy atom. The third-order valence-electron chi connectivity index (χ3n) is 4.36. The molecule has 0 saturated carbocycles. The zero-order chi connectivity index (χ0) is 19.0. The van der Waals surface area contributed by atoms with Gasteiger partial charge in [-0.25, -0.2) is 9.37 Å². The minimum absolute atomic E-state index is 0.171. The molecule has 136 valence electrons.